The van der Waals surface area contributed by atoms with E-state index in [0.717, 1.165) is 5.82 Å². The molecule has 0 atom stereocenters. The molecule has 1 aromatic rings. The van der Waals surface area contributed by atoms with Crippen molar-refractivity contribution in [3.8, 4) is 0 Å². The van der Waals surface area contributed by atoms with Crippen molar-refractivity contribution in [1.29, 1.82) is 0 Å². The highest BCUT2D eigenvalue weighted by molar-refractivity contribution is 5.25. The Bertz CT molecular complexity index is 315. The Labute approximate surface area is 89.9 Å². The Morgan fingerprint density at radius 1 is 1.60 bits per heavy atom. The first-order valence-electron chi connectivity index (χ1n) is 5.04. The molecule has 86 valence electrons. The largest absolute Gasteiger partial charge is 0.389 e. The van der Waals surface area contributed by atoms with Crippen molar-refractivity contribution in [1.82, 2.24) is 9.55 Å². The lowest BCUT2D eigenvalue weighted by Crippen LogP contribution is -2.26. The molecule has 1 aromatic heterocycles. The lowest BCUT2D eigenvalue weighted by atomic mass is 10.1. The highest BCUT2D eigenvalue weighted by atomic mass is 16.5. The molecular formula is C10H19N3O2. The molecule has 1 rings (SSSR count). The van der Waals surface area contributed by atoms with Crippen molar-refractivity contribution in [3.63, 3.8) is 0 Å². The van der Waals surface area contributed by atoms with Crippen molar-refractivity contribution in [2.45, 2.75) is 39.5 Å². The number of hydrogen-bond acceptors (Lipinski definition) is 4. The quantitative estimate of drug-likeness (QED) is 0.757. The van der Waals surface area contributed by atoms with Gasteiger partial charge in [0, 0.05) is 12.8 Å². The SMILES string of the molecule is CCOCc1nc(N)cn1CC(C)(C)O. The molecular weight excluding hydrogens is 194 g/mol. The molecule has 3 N–H and O–H groups in total. The second-order valence-electron chi connectivity index (χ2n) is 4.16. The van der Waals surface area contributed by atoms with Crippen LogP contribution in [0.15, 0.2) is 6.20 Å². The van der Waals surface area contributed by atoms with E-state index in [1.54, 1.807) is 20.0 Å². The van der Waals surface area contributed by atoms with E-state index < -0.39 is 5.60 Å². The zero-order valence-electron chi connectivity index (χ0n) is 9.53. The van der Waals surface area contributed by atoms with Crippen LogP contribution in [-0.4, -0.2) is 26.9 Å². The van der Waals surface area contributed by atoms with Crippen LogP contribution in [0.1, 0.15) is 26.6 Å². The second-order valence-corrected chi connectivity index (χ2v) is 4.16. The van der Waals surface area contributed by atoms with Gasteiger partial charge in [-0.05, 0) is 20.8 Å². The van der Waals surface area contributed by atoms with Gasteiger partial charge >= 0.3 is 0 Å². The minimum Gasteiger partial charge on any atom is -0.389 e. The second kappa shape index (κ2) is 4.63. The summed E-state index contributed by atoms with van der Waals surface area (Å²) in [4.78, 5) is 4.14. The molecule has 0 aromatic carbocycles. The third-order valence-electron chi connectivity index (χ3n) is 1.87. The van der Waals surface area contributed by atoms with Crippen LogP contribution in [-0.2, 0) is 17.9 Å². The van der Waals surface area contributed by atoms with Crippen LogP contribution in [0.3, 0.4) is 0 Å². The van der Waals surface area contributed by atoms with Gasteiger partial charge in [-0.3, -0.25) is 0 Å². The van der Waals surface area contributed by atoms with Gasteiger partial charge in [0.1, 0.15) is 18.2 Å². The maximum atomic E-state index is 9.70. The molecule has 0 aliphatic carbocycles. The highest BCUT2D eigenvalue weighted by Crippen LogP contribution is 2.12. The van der Waals surface area contributed by atoms with Gasteiger partial charge in [-0.25, -0.2) is 4.98 Å². The zero-order valence-corrected chi connectivity index (χ0v) is 9.53. The number of hydrogen-bond donors (Lipinski definition) is 2. The fourth-order valence-electron chi connectivity index (χ4n) is 1.34. The van der Waals surface area contributed by atoms with Gasteiger partial charge < -0.3 is 20.1 Å². The van der Waals surface area contributed by atoms with Crippen molar-refractivity contribution < 1.29 is 9.84 Å². The first-order chi connectivity index (χ1) is 6.92. The van der Waals surface area contributed by atoms with Crippen LogP contribution in [0.25, 0.3) is 0 Å². The van der Waals surface area contributed by atoms with E-state index in [4.69, 9.17) is 10.5 Å². The summed E-state index contributed by atoms with van der Waals surface area (Å²) in [6.07, 6.45) is 1.71. The van der Waals surface area contributed by atoms with E-state index in [1.165, 1.54) is 0 Å². The third-order valence-corrected chi connectivity index (χ3v) is 1.87. The molecule has 0 aliphatic heterocycles. The van der Waals surface area contributed by atoms with E-state index >= 15 is 0 Å². The van der Waals surface area contributed by atoms with Crippen LogP contribution in [0.5, 0.6) is 0 Å². The number of anilines is 1. The highest BCUT2D eigenvalue weighted by Gasteiger charge is 2.16. The number of nitrogens with two attached hydrogens (primary N) is 1. The van der Waals surface area contributed by atoms with Crippen LogP contribution in [0, 0.1) is 0 Å². The average Bonchev–Trinajstić information content (AvgIpc) is 2.39. The molecule has 0 amide bonds. The van der Waals surface area contributed by atoms with Crippen molar-refractivity contribution in [3.05, 3.63) is 12.0 Å². The Hall–Kier alpha value is -1.07. The molecule has 5 heteroatoms. The molecule has 0 fully saturated rings. The molecule has 15 heavy (non-hydrogen) atoms. The maximum absolute atomic E-state index is 9.70. The van der Waals surface area contributed by atoms with Gasteiger partial charge in [0.15, 0.2) is 0 Å². The summed E-state index contributed by atoms with van der Waals surface area (Å²) in [6.45, 7) is 6.92. The average molecular weight is 213 g/mol. The number of ether oxygens (including phenoxy) is 1. The summed E-state index contributed by atoms with van der Waals surface area (Å²) in [7, 11) is 0. The fraction of sp³-hybridized carbons (Fsp3) is 0.700. The number of aliphatic hydroxyl groups is 1. The lowest BCUT2D eigenvalue weighted by molar-refractivity contribution is 0.0569. The number of rotatable bonds is 5. The fourth-order valence-corrected chi connectivity index (χ4v) is 1.34. The smallest absolute Gasteiger partial charge is 0.142 e. The van der Waals surface area contributed by atoms with E-state index in [9.17, 15) is 5.11 Å². The summed E-state index contributed by atoms with van der Waals surface area (Å²) in [5, 5.41) is 9.70. The van der Waals surface area contributed by atoms with Gasteiger partial charge in [-0.2, -0.15) is 0 Å². The Morgan fingerprint density at radius 3 is 2.80 bits per heavy atom. The minimum absolute atomic E-state index is 0.420. The number of nitrogen functional groups attached to an aromatic ring is 1. The molecule has 0 spiro atoms. The zero-order chi connectivity index (χ0) is 11.5. The molecule has 0 unspecified atom stereocenters. The summed E-state index contributed by atoms with van der Waals surface area (Å²) in [5.41, 5.74) is 4.82. The van der Waals surface area contributed by atoms with Gasteiger partial charge in [0.25, 0.3) is 0 Å². The summed E-state index contributed by atoms with van der Waals surface area (Å²) >= 11 is 0. The summed E-state index contributed by atoms with van der Waals surface area (Å²) in [5.74, 6) is 1.20. The summed E-state index contributed by atoms with van der Waals surface area (Å²) < 4.78 is 7.09. The Balaban J connectivity index is 2.77. The Kier molecular flexibility index (Phi) is 3.71. The van der Waals surface area contributed by atoms with Crippen molar-refractivity contribution in [2.75, 3.05) is 12.3 Å². The number of imidazole rings is 1. The normalized spacial score (nSPS) is 12.0. The van der Waals surface area contributed by atoms with Crippen LogP contribution >= 0.6 is 0 Å². The molecule has 0 aliphatic rings. The van der Waals surface area contributed by atoms with E-state index in [0.29, 0.717) is 25.6 Å². The molecule has 0 bridgehead atoms. The predicted molar refractivity (Wildman–Crippen MR) is 58.3 cm³/mol. The monoisotopic (exact) mass is 213 g/mol. The maximum Gasteiger partial charge on any atom is 0.142 e. The van der Waals surface area contributed by atoms with Gasteiger partial charge in [-0.15, -0.1) is 0 Å². The molecule has 1 heterocycles. The van der Waals surface area contributed by atoms with Crippen LogP contribution in [0.4, 0.5) is 5.82 Å². The van der Waals surface area contributed by atoms with Crippen molar-refractivity contribution in [2.24, 2.45) is 0 Å². The summed E-state index contributed by atoms with van der Waals surface area (Å²) in [6, 6.07) is 0. The molecule has 5 nitrogen and oxygen atoms in total. The number of aromatic nitrogens is 2. The first kappa shape index (κ1) is 12.0. The first-order valence-corrected chi connectivity index (χ1v) is 5.04. The molecule has 0 saturated heterocycles. The topological polar surface area (TPSA) is 73.3 Å². The molecule has 0 radical (unpaired) electrons. The van der Waals surface area contributed by atoms with Crippen molar-refractivity contribution >= 4 is 5.82 Å². The van der Waals surface area contributed by atoms with Gasteiger partial charge in [-0.1, -0.05) is 0 Å². The standard InChI is InChI=1S/C10H19N3O2/c1-4-15-6-9-12-8(11)5-13(9)7-10(2,3)14/h5,14H,4,6-7,11H2,1-3H3. The Morgan fingerprint density at radius 2 is 2.27 bits per heavy atom. The van der Waals surface area contributed by atoms with Gasteiger partial charge in [0.05, 0.1) is 12.1 Å². The van der Waals surface area contributed by atoms with E-state index in [-0.39, 0.29) is 0 Å². The van der Waals surface area contributed by atoms with Gasteiger partial charge in [0.2, 0.25) is 0 Å². The lowest BCUT2D eigenvalue weighted by Gasteiger charge is -2.19. The van der Waals surface area contributed by atoms with E-state index in [2.05, 4.69) is 4.98 Å². The third kappa shape index (κ3) is 3.89. The van der Waals surface area contributed by atoms with Crippen LogP contribution < -0.4 is 5.73 Å². The number of nitrogens with zero attached hydrogens (tertiary/aromatic N) is 2. The predicted octanol–water partition coefficient (Wildman–Crippen LogP) is 0.773. The van der Waals surface area contributed by atoms with E-state index in [1.807, 2.05) is 11.5 Å². The van der Waals surface area contributed by atoms with Crippen LogP contribution in [0.2, 0.25) is 0 Å². The minimum atomic E-state index is -0.784. The molecule has 0 saturated carbocycles.